The zero-order chi connectivity index (χ0) is 19.6. The largest absolute Gasteiger partial charge is 0.378 e. The first-order chi connectivity index (χ1) is 13.0. The third-order valence-electron chi connectivity index (χ3n) is 4.70. The van der Waals surface area contributed by atoms with Crippen molar-refractivity contribution in [2.24, 2.45) is 5.92 Å². The highest BCUT2D eigenvalue weighted by molar-refractivity contribution is 5.87. The number of hydrogen-bond acceptors (Lipinski definition) is 3. The minimum Gasteiger partial charge on any atom is -0.378 e. The van der Waals surface area contributed by atoms with Crippen molar-refractivity contribution in [3.05, 3.63) is 35.6 Å². The molecule has 0 aromatic heterocycles. The molecule has 1 fully saturated rings. The molecule has 1 aliphatic rings. The van der Waals surface area contributed by atoms with E-state index in [1.54, 1.807) is 17.0 Å². The molecular formula is C21H31FN2O3. The molecule has 27 heavy (non-hydrogen) atoms. The van der Waals surface area contributed by atoms with Gasteiger partial charge in [0, 0.05) is 19.5 Å². The number of benzene rings is 1. The van der Waals surface area contributed by atoms with Crippen molar-refractivity contribution in [1.82, 2.24) is 10.2 Å². The van der Waals surface area contributed by atoms with Crippen LogP contribution in [0.25, 0.3) is 0 Å². The van der Waals surface area contributed by atoms with Gasteiger partial charge >= 0.3 is 0 Å². The second-order valence-electron chi connectivity index (χ2n) is 7.52. The summed E-state index contributed by atoms with van der Waals surface area (Å²) in [7, 11) is 0. The molecule has 2 rings (SSSR count). The van der Waals surface area contributed by atoms with E-state index in [0.29, 0.717) is 45.1 Å². The van der Waals surface area contributed by atoms with Crippen molar-refractivity contribution in [2.75, 3.05) is 26.3 Å². The van der Waals surface area contributed by atoms with Crippen LogP contribution in [0.4, 0.5) is 4.39 Å². The van der Waals surface area contributed by atoms with Gasteiger partial charge in [-0.15, -0.1) is 0 Å². The third-order valence-corrected chi connectivity index (χ3v) is 4.70. The molecule has 1 aromatic rings. The molecule has 0 aliphatic carbocycles. The summed E-state index contributed by atoms with van der Waals surface area (Å²) in [5.41, 5.74) is 1.07. The number of hydrogen-bond donors (Lipinski definition) is 1. The third kappa shape index (κ3) is 7.67. The molecule has 5 nitrogen and oxygen atoms in total. The standard InChI is InChI=1S/C21H31FN2O3/c1-16(2)15-19(21(26)24-11-13-27-14-12-24)23-20(25)6-4-3-5-17-7-9-18(22)10-8-17/h7-10,16,19H,3-6,11-15H2,1-2H3,(H,23,25)/t19-/m0/s1. The molecule has 1 atom stereocenters. The Balaban J connectivity index is 1.76. The normalized spacial score (nSPS) is 15.6. The molecule has 1 saturated heterocycles. The fraction of sp³-hybridized carbons (Fsp3) is 0.619. The second kappa shape index (κ2) is 11.0. The summed E-state index contributed by atoms with van der Waals surface area (Å²) in [5, 5.41) is 2.93. The number of carbonyl (C=O) groups excluding carboxylic acids is 2. The highest BCUT2D eigenvalue weighted by Crippen LogP contribution is 2.12. The molecule has 2 amide bonds. The average Bonchev–Trinajstić information content (AvgIpc) is 2.66. The van der Waals surface area contributed by atoms with E-state index in [9.17, 15) is 14.0 Å². The van der Waals surface area contributed by atoms with E-state index < -0.39 is 6.04 Å². The van der Waals surface area contributed by atoms with Crippen LogP contribution in [0.15, 0.2) is 24.3 Å². The SMILES string of the molecule is CC(C)C[C@H](NC(=O)CCCCc1ccc(F)cc1)C(=O)N1CCOCC1. The number of halogens is 1. The maximum atomic E-state index is 12.9. The van der Waals surface area contributed by atoms with Crippen LogP contribution in [0, 0.1) is 11.7 Å². The molecule has 0 unspecified atom stereocenters. The van der Waals surface area contributed by atoms with Gasteiger partial charge in [0.2, 0.25) is 11.8 Å². The van der Waals surface area contributed by atoms with Crippen molar-refractivity contribution < 1.29 is 18.7 Å². The lowest BCUT2D eigenvalue weighted by Gasteiger charge is -2.31. The topological polar surface area (TPSA) is 58.6 Å². The Hall–Kier alpha value is -1.95. The lowest BCUT2D eigenvalue weighted by molar-refractivity contribution is -0.140. The van der Waals surface area contributed by atoms with Crippen molar-refractivity contribution in [3.63, 3.8) is 0 Å². The first-order valence-corrected chi connectivity index (χ1v) is 9.86. The number of morpholine rings is 1. The number of nitrogens with one attached hydrogen (secondary N) is 1. The van der Waals surface area contributed by atoms with Crippen molar-refractivity contribution in [3.8, 4) is 0 Å². The average molecular weight is 378 g/mol. The number of aryl methyl sites for hydroxylation is 1. The van der Waals surface area contributed by atoms with Gasteiger partial charge in [0.15, 0.2) is 0 Å². The maximum Gasteiger partial charge on any atom is 0.245 e. The number of unbranched alkanes of at least 4 members (excludes halogenated alkanes) is 1. The van der Waals surface area contributed by atoms with Gasteiger partial charge in [-0.2, -0.15) is 0 Å². The molecule has 1 aliphatic heterocycles. The maximum absolute atomic E-state index is 12.9. The highest BCUT2D eigenvalue weighted by atomic mass is 19.1. The Morgan fingerprint density at radius 1 is 1.15 bits per heavy atom. The zero-order valence-corrected chi connectivity index (χ0v) is 16.4. The Morgan fingerprint density at radius 3 is 2.44 bits per heavy atom. The predicted molar refractivity (Wildman–Crippen MR) is 103 cm³/mol. The fourth-order valence-corrected chi connectivity index (χ4v) is 3.23. The molecule has 6 heteroatoms. The van der Waals surface area contributed by atoms with Gasteiger partial charge < -0.3 is 15.0 Å². The van der Waals surface area contributed by atoms with E-state index >= 15 is 0 Å². The van der Waals surface area contributed by atoms with Crippen LogP contribution in [0.3, 0.4) is 0 Å². The molecule has 1 aromatic carbocycles. The Labute approximate surface area is 161 Å². The van der Waals surface area contributed by atoms with Crippen molar-refractivity contribution in [1.29, 1.82) is 0 Å². The Morgan fingerprint density at radius 2 is 1.81 bits per heavy atom. The van der Waals surface area contributed by atoms with Crippen LogP contribution in [-0.4, -0.2) is 49.1 Å². The van der Waals surface area contributed by atoms with E-state index in [1.807, 2.05) is 0 Å². The Kier molecular flexibility index (Phi) is 8.72. The summed E-state index contributed by atoms with van der Waals surface area (Å²) < 4.78 is 18.2. The summed E-state index contributed by atoms with van der Waals surface area (Å²) in [6, 6.07) is 5.99. The number of ether oxygens (including phenoxy) is 1. The molecular weight excluding hydrogens is 347 g/mol. The minimum atomic E-state index is -0.465. The molecule has 0 spiro atoms. The second-order valence-corrected chi connectivity index (χ2v) is 7.52. The van der Waals surface area contributed by atoms with E-state index in [4.69, 9.17) is 4.74 Å². The lowest BCUT2D eigenvalue weighted by Crippen LogP contribution is -2.52. The van der Waals surface area contributed by atoms with Gasteiger partial charge in [0.05, 0.1) is 13.2 Å². The highest BCUT2D eigenvalue weighted by Gasteiger charge is 2.27. The fourth-order valence-electron chi connectivity index (χ4n) is 3.23. The van der Waals surface area contributed by atoms with Gasteiger partial charge in [-0.1, -0.05) is 26.0 Å². The van der Waals surface area contributed by atoms with Crippen molar-refractivity contribution in [2.45, 2.75) is 52.0 Å². The van der Waals surface area contributed by atoms with Crippen LogP contribution in [0.1, 0.15) is 45.1 Å². The molecule has 150 valence electrons. The minimum absolute atomic E-state index is 0.00772. The van der Waals surface area contributed by atoms with Crippen LogP contribution >= 0.6 is 0 Å². The predicted octanol–water partition coefficient (Wildman–Crippen LogP) is 2.93. The summed E-state index contributed by atoms with van der Waals surface area (Å²) >= 11 is 0. The molecule has 1 heterocycles. The van der Waals surface area contributed by atoms with E-state index in [1.165, 1.54) is 12.1 Å². The van der Waals surface area contributed by atoms with Crippen LogP contribution in [0.5, 0.6) is 0 Å². The van der Waals surface area contributed by atoms with Gasteiger partial charge in [-0.25, -0.2) is 4.39 Å². The molecule has 0 radical (unpaired) electrons. The quantitative estimate of drug-likeness (QED) is 0.672. The van der Waals surface area contributed by atoms with Gasteiger partial charge in [-0.3, -0.25) is 9.59 Å². The first-order valence-electron chi connectivity index (χ1n) is 9.86. The zero-order valence-electron chi connectivity index (χ0n) is 16.4. The van der Waals surface area contributed by atoms with E-state index in [0.717, 1.165) is 24.8 Å². The smallest absolute Gasteiger partial charge is 0.245 e. The van der Waals surface area contributed by atoms with Crippen LogP contribution in [0.2, 0.25) is 0 Å². The van der Waals surface area contributed by atoms with Gasteiger partial charge in [-0.05, 0) is 49.3 Å². The number of nitrogens with zero attached hydrogens (tertiary/aromatic N) is 1. The van der Waals surface area contributed by atoms with E-state index in [2.05, 4.69) is 19.2 Å². The Bertz CT molecular complexity index is 598. The van der Waals surface area contributed by atoms with Crippen LogP contribution in [-0.2, 0) is 20.7 Å². The van der Waals surface area contributed by atoms with E-state index in [-0.39, 0.29) is 17.6 Å². The van der Waals surface area contributed by atoms with Gasteiger partial charge in [0.25, 0.3) is 0 Å². The molecule has 1 N–H and O–H groups in total. The summed E-state index contributed by atoms with van der Waals surface area (Å²) in [5.74, 6) is -0.00829. The molecule has 0 saturated carbocycles. The number of carbonyl (C=O) groups is 2. The first kappa shape index (κ1) is 21.4. The summed E-state index contributed by atoms with van der Waals surface area (Å²) in [6.07, 6.45) is 3.44. The monoisotopic (exact) mass is 378 g/mol. The lowest BCUT2D eigenvalue weighted by atomic mass is 10.0. The summed E-state index contributed by atoms with van der Waals surface area (Å²) in [4.78, 5) is 26.8. The van der Waals surface area contributed by atoms with Crippen LogP contribution < -0.4 is 5.32 Å². The summed E-state index contributed by atoms with van der Waals surface area (Å²) in [6.45, 7) is 6.37. The number of rotatable bonds is 9. The van der Waals surface area contributed by atoms with Gasteiger partial charge in [0.1, 0.15) is 11.9 Å². The van der Waals surface area contributed by atoms with Crippen molar-refractivity contribution >= 4 is 11.8 Å². The number of amides is 2. The molecule has 0 bridgehead atoms.